The molecule has 355 valence electrons. The molecule has 0 saturated carbocycles. The van der Waals surface area contributed by atoms with Crippen LogP contribution in [0.25, 0.3) is 91.9 Å². The number of hydrogen-bond acceptors (Lipinski definition) is 3. The standard InChI is InChI=1S/C67H62BN2OS/c1-63(2,3)36-21-24-38(25-22-36)69-51-34-47-41(42-31-48-49(33-46(42)67(47,11)12)66(9,10)28-27-65(48,7)8)30-44(51)57-58-40-18-13-15-19-54(40)71-62(58)59-45-29-37(64(4,5)6)23-26-52(45)70-53-32-43-39-17-14-16-20-55(39)72-56(43)35-50(53)68-60(57)61(59)70/h13-26,29-35,69H,27-28H2,1-12H3. The van der Waals surface area contributed by atoms with Crippen LogP contribution >= 0.6 is 11.3 Å². The minimum absolute atomic E-state index is 0.0427. The molecule has 14 rings (SSSR count). The number of anilines is 2. The Morgan fingerprint density at radius 2 is 1.22 bits per heavy atom. The van der Waals surface area contributed by atoms with Gasteiger partial charge in [-0.1, -0.05) is 149 Å². The van der Waals surface area contributed by atoms with Crippen molar-refractivity contribution in [1.82, 2.24) is 4.57 Å². The lowest BCUT2D eigenvalue weighted by Crippen LogP contribution is -2.37. The summed E-state index contributed by atoms with van der Waals surface area (Å²) < 4.78 is 12.6. The topological polar surface area (TPSA) is 30.1 Å². The summed E-state index contributed by atoms with van der Waals surface area (Å²) in [7, 11) is 2.52. The number of aromatic nitrogens is 1. The van der Waals surface area contributed by atoms with E-state index in [4.69, 9.17) is 4.42 Å². The number of fused-ring (bicyclic) bond motifs is 16. The van der Waals surface area contributed by atoms with E-state index in [0.717, 1.165) is 33.3 Å². The number of benzene rings is 8. The first-order chi connectivity index (χ1) is 34.2. The van der Waals surface area contributed by atoms with Crippen LogP contribution in [0.15, 0.2) is 132 Å². The molecule has 0 fully saturated rings. The highest BCUT2D eigenvalue weighted by Crippen LogP contribution is 2.57. The van der Waals surface area contributed by atoms with Gasteiger partial charge >= 0.3 is 0 Å². The van der Waals surface area contributed by atoms with Crippen LogP contribution in [0.1, 0.15) is 129 Å². The Bertz CT molecular complexity index is 4190. The first-order valence-electron chi connectivity index (χ1n) is 26.2. The monoisotopic (exact) mass is 953 g/mol. The van der Waals surface area contributed by atoms with Crippen molar-refractivity contribution in [2.75, 3.05) is 5.32 Å². The second kappa shape index (κ2) is 14.4. The Hall–Kier alpha value is -6.56. The number of nitrogens with zero attached hydrogens (tertiary/aromatic N) is 1. The van der Waals surface area contributed by atoms with Gasteiger partial charge in [0.1, 0.15) is 11.2 Å². The van der Waals surface area contributed by atoms with Gasteiger partial charge in [0.25, 0.3) is 0 Å². The molecule has 0 atom stereocenters. The normalized spacial score (nSPS) is 16.4. The van der Waals surface area contributed by atoms with E-state index in [0.29, 0.717) is 0 Å². The van der Waals surface area contributed by atoms with Gasteiger partial charge in [-0.15, -0.1) is 11.3 Å². The third-order valence-electron chi connectivity index (χ3n) is 17.6. The van der Waals surface area contributed by atoms with Gasteiger partial charge in [0.15, 0.2) is 7.28 Å². The fourth-order valence-electron chi connectivity index (χ4n) is 13.2. The van der Waals surface area contributed by atoms with E-state index in [1.54, 1.807) is 0 Å². The van der Waals surface area contributed by atoms with Crippen molar-refractivity contribution in [2.45, 2.75) is 123 Å². The quantitative estimate of drug-likeness (QED) is 0.179. The fourth-order valence-corrected chi connectivity index (χ4v) is 14.4. The number of thiophene rings is 1. The largest absolute Gasteiger partial charge is 0.455 e. The zero-order valence-electron chi connectivity index (χ0n) is 43.9. The SMILES string of the molecule is CC(C)(C)c1ccc(Nc2cc3c(cc2-c2c4c5c(c6cc(C(C)(C)C)ccc6n5-c5cc6c(cc5[B]4)sc4ccccc46)c4oc5ccccc5c24)-c2cc4c(cc2C3(C)C)C(C)(C)CCC4(C)C)cc1. The highest BCUT2D eigenvalue weighted by Gasteiger charge is 2.44. The van der Waals surface area contributed by atoms with Crippen molar-refractivity contribution >= 4 is 105 Å². The van der Waals surface area contributed by atoms with E-state index in [1.807, 2.05) is 11.3 Å². The summed E-state index contributed by atoms with van der Waals surface area (Å²) in [4.78, 5) is 0. The average molecular weight is 954 g/mol. The van der Waals surface area contributed by atoms with E-state index in [9.17, 15) is 0 Å². The van der Waals surface area contributed by atoms with Gasteiger partial charge in [-0.05, 0) is 157 Å². The van der Waals surface area contributed by atoms with Crippen LogP contribution in [-0.4, -0.2) is 11.8 Å². The highest BCUT2D eigenvalue weighted by atomic mass is 32.1. The Balaban J connectivity index is 1.14. The molecule has 1 radical (unpaired) electrons. The molecule has 4 heterocycles. The Morgan fingerprint density at radius 1 is 0.569 bits per heavy atom. The molecule has 8 aromatic carbocycles. The van der Waals surface area contributed by atoms with Crippen LogP contribution in [-0.2, 0) is 27.1 Å². The molecule has 3 aromatic heterocycles. The Kier molecular flexibility index (Phi) is 8.80. The summed E-state index contributed by atoms with van der Waals surface area (Å²) in [6, 6.07) is 49.2. The summed E-state index contributed by atoms with van der Waals surface area (Å²) >= 11 is 1.89. The number of hydrogen-bond donors (Lipinski definition) is 1. The molecule has 0 unspecified atom stereocenters. The van der Waals surface area contributed by atoms with E-state index in [1.165, 1.54) is 127 Å². The molecule has 3 nitrogen and oxygen atoms in total. The predicted molar refractivity (Wildman–Crippen MR) is 311 cm³/mol. The number of furan rings is 1. The molecular formula is C67H62BN2OS. The van der Waals surface area contributed by atoms with Crippen LogP contribution in [0.4, 0.5) is 11.4 Å². The molecule has 11 aromatic rings. The van der Waals surface area contributed by atoms with Crippen molar-refractivity contribution in [2.24, 2.45) is 0 Å². The maximum atomic E-state index is 7.35. The smallest absolute Gasteiger partial charge is 0.198 e. The number of nitrogens with one attached hydrogen (secondary N) is 1. The summed E-state index contributed by atoms with van der Waals surface area (Å²) in [5.74, 6) is 0. The molecule has 0 saturated heterocycles. The highest BCUT2D eigenvalue weighted by molar-refractivity contribution is 7.26. The third-order valence-corrected chi connectivity index (χ3v) is 18.7. The van der Waals surface area contributed by atoms with Gasteiger partial charge in [0, 0.05) is 64.4 Å². The van der Waals surface area contributed by atoms with Gasteiger partial charge in [0.2, 0.25) is 0 Å². The molecule has 1 aliphatic heterocycles. The minimum Gasteiger partial charge on any atom is -0.455 e. The van der Waals surface area contributed by atoms with Gasteiger partial charge in [-0.3, -0.25) is 0 Å². The van der Waals surface area contributed by atoms with Crippen LogP contribution in [0, 0.1) is 0 Å². The maximum absolute atomic E-state index is 7.35. The first-order valence-corrected chi connectivity index (χ1v) is 27.0. The van der Waals surface area contributed by atoms with Crippen molar-refractivity contribution in [3.63, 3.8) is 0 Å². The van der Waals surface area contributed by atoms with Crippen molar-refractivity contribution in [3.05, 3.63) is 161 Å². The molecule has 0 spiro atoms. The Morgan fingerprint density at radius 3 is 1.96 bits per heavy atom. The van der Waals surface area contributed by atoms with Gasteiger partial charge in [0.05, 0.1) is 16.4 Å². The van der Waals surface area contributed by atoms with Gasteiger partial charge in [-0.25, -0.2) is 0 Å². The van der Waals surface area contributed by atoms with Crippen LogP contribution in [0.3, 0.4) is 0 Å². The van der Waals surface area contributed by atoms with E-state index in [2.05, 4.69) is 228 Å². The van der Waals surface area contributed by atoms with Crippen LogP contribution in [0.2, 0.25) is 0 Å². The van der Waals surface area contributed by atoms with Crippen molar-refractivity contribution < 1.29 is 4.42 Å². The summed E-state index contributed by atoms with van der Waals surface area (Å²) in [5, 5.41) is 11.4. The lowest BCUT2D eigenvalue weighted by molar-refractivity contribution is 0.331. The van der Waals surface area contributed by atoms with Gasteiger partial charge < -0.3 is 14.3 Å². The zero-order chi connectivity index (χ0) is 49.8. The van der Waals surface area contributed by atoms with Crippen molar-refractivity contribution in [1.29, 1.82) is 0 Å². The summed E-state index contributed by atoms with van der Waals surface area (Å²) in [6.07, 6.45) is 2.36. The lowest BCUT2D eigenvalue weighted by atomic mass is 9.58. The molecular weight excluding hydrogens is 892 g/mol. The van der Waals surface area contributed by atoms with Crippen LogP contribution < -0.4 is 16.2 Å². The molecule has 1 N–H and O–H groups in total. The van der Waals surface area contributed by atoms with E-state index >= 15 is 0 Å². The average Bonchev–Trinajstić information content (AvgIpc) is 4.06. The lowest BCUT2D eigenvalue weighted by Gasteiger charge is -2.42. The molecule has 72 heavy (non-hydrogen) atoms. The van der Waals surface area contributed by atoms with Crippen molar-refractivity contribution in [3.8, 4) is 27.9 Å². The fraction of sp³-hybridized carbons (Fsp3) is 0.284. The molecule has 2 aliphatic carbocycles. The van der Waals surface area contributed by atoms with E-state index in [-0.39, 0.29) is 27.1 Å². The van der Waals surface area contributed by atoms with E-state index < -0.39 is 0 Å². The third kappa shape index (κ3) is 6.10. The predicted octanol–water partition coefficient (Wildman–Crippen LogP) is 17.7. The molecule has 5 heteroatoms. The zero-order valence-corrected chi connectivity index (χ0v) is 44.7. The second-order valence-corrected chi connectivity index (χ2v) is 26.6. The number of rotatable bonds is 3. The minimum atomic E-state index is -0.226. The molecule has 3 aliphatic rings. The van der Waals surface area contributed by atoms with Gasteiger partial charge in [-0.2, -0.15) is 0 Å². The number of para-hydroxylation sites is 1. The first kappa shape index (κ1) is 44.2. The summed E-state index contributed by atoms with van der Waals surface area (Å²) in [5.41, 5.74) is 23.5. The second-order valence-electron chi connectivity index (χ2n) is 25.5. The Labute approximate surface area is 428 Å². The van der Waals surface area contributed by atoms with Crippen LogP contribution in [0.5, 0.6) is 0 Å². The summed E-state index contributed by atoms with van der Waals surface area (Å²) in [6.45, 7) is 28.6. The molecule has 0 amide bonds. The maximum Gasteiger partial charge on any atom is 0.198 e. The molecule has 0 bridgehead atoms.